The molecule has 0 spiro atoms. The number of hydrogen-bond donors (Lipinski definition) is 1. The van der Waals surface area contributed by atoms with Gasteiger partial charge in [-0.1, -0.05) is 12.1 Å². The summed E-state index contributed by atoms with van der Waals surface area (Å²) in [4.78, 5) is 20.0. The zero-order valence-electron chi connectivity index (χ0n) is 15.0. The first-order chi connectivity index (χ1) is 11.4. The number of urea groups is 1. The van der Waals surface area contributed by atoms with E-state index in [1.807, 2.05) is 52.3 Å². The first-order valence-electron chi connectivity index (χ1n) is 8.02. The predicted molar refractivity (Wildman–Crippen MR) is 94.1 cm³/mol. The molecular formula is C17H26N6O. The molecule has 0 radical (unpaired) electrons. The minimum atomic E-state index is -0.0726. The third-order valence-electron chi connectivity index (χ3n) is 4.39. The molecule has 0 saturated heterocycles. The predicted octanol–water partition coefficient (Wildman–Crippen LogP) is 1.92. The number of benzene rings is 1. The number of carbonyl (C=O) groups is 1. The van der Waals surface area contributed by atoms with E-state index in [0.29, 0.717) is 12.6 Å². The van der Waals surface area contributed by atoms with E-state index >= 15 is 0 Å². The van der Waals surface area contributed by atoms with Crippen molar-refractivity contribution in [1.29, 1.82) is 0 Å². The highest BCUT2D eigenvalue weighted by Crippen LogP contribution is 2.20. The van der Waals surface area contributed by atoms with Crippen molar-refractivity contribution in [2.75, 3.05) is 27.7 Å². The van der Waals surface area contributed by atoms with Gasteiger partial charge in [0.05, 0.1) is 11.7 Å². The van der Waals surface area contributed by atoms with Gasteiger partial charge in [-0.05, 0) is 45.6 Å². The number of nitrogens with one attached hydrogen (secondary N) is 1. The third kappa shape index (κ3) is 4.32. The van der Waals surface area contributed by atoms with Crippen LogP contribution in [0.4, 0.5) is 4.79 Å². The summed E-state index contributed by atoms with van der Waals surface area (Å²) in [6.07, 6.45) is 3.16. The molecule has 7 nitrogen and oxygen atoms in total. The number of likely N-dealkylation sites (N-methyl/N-ethyl adjacent to an activating group) is 1. The molecule has 2 atom stereocenters. The second kappa shape index (κ2) is 7.92. The fourth-order valence-electron chi connectivity index (χ4n) is 2.19. The normalized spacial score (nSPS) is 13.6. The zero-order chi connectivity index (χ0) is 17.7. The molecule has 7 heteroatoms. The molecule has 2 aromatic rings. The molecule has 1 heterocycles. The van der Waals surface area contributed by atoms with E-state index in [2.05, 4.69) is 27.2 Å². The molecule has 2 amide bonds. The number of carbonyl (C=O) groups excluding carboxylic acids is 1. The van der Waals surface area contributed by atoms with Gasteiger partial charge in [-0.15, -0.1) is 0 Å². The maximum atomic E-state index is 12.3. The summed E-state index contributed by atoms with van der Waals surface area (Å²) in [5.74, 6) is 0. The summed E-state index contributed by atoms with van der Waals surface area (Å²) in [6, 6.07) is 8.16. The van der Waals surface area contributed by atoms with Crippen LogP contribution in [0.2, 0.25) is 0 Å². The molecule has 0 fully saturated rings. The van der Waals surface area contributed by atoms with Gasteiger partial charge < -0.3 is 15.1 Å². The number of nitrogens with zero attached hydrogens (tertiary/aromatic N) is 5. The summed E-state index contributed by atoms with van der Waals surface area (Å²) in [7, 11) is 5.81. The average Bonchev–Trinajstić information content (AvgIpc) is 3.12. The summed E-state index contributed by atoms with van der Waals surface area (Å²) in [5.41, 5.74) is 2.01. The van der Waals surface area contributed by atoms with E-state index in [9.17, 15) is 4.79 Å². The molecule has 0 aliphatic heterocycles. The Morgan fingerprint density at radius 1 is 1.21 bits per heavy atom. The molecule has 1 N–H and O–H groups in total. The van der Waals surface area contributed by atoms with Crippen molar-refractivity contribution in [3.63, 3.8) is 0 Å². The lowest BCUT2D eigenvalue weighted by Crippen LogP contribution is -2.44. The van der Waals surface area contributed by atoms with Gasteiger partial charge >= 0.3 is 6.03 Å². The fourth-order valence-corrected chi connectivity index (χ4v) is 2.19. The first kappa shape index (κ1) is 17.9. The van der Waals surface area contributed by atoms with Crippen molar-refractivity contribution >= 4 is 6.03 Å². The Hall–Kier alpha value is -2.41. The van der Waals surface area contributed by atoms with Crippen molar-refractivity contribution in [1.82, 2.24) is 29.9 Å². The maximum Gasteiger partial charge on any atom is 0.317 e. The standard InChI is InChI=1S/C17H26N6O/c1-13(21(3)4)10-19-17(24)22(5)14(2)15-6-8-16(9-7-15)23-12-18-11-20-23/h6-9,11-14H,10H2,1-5H3,(H,19,24)/t13-,14-/m1/s1. The molecule has 0 saturated carbocycles. The van der Waals surface area contributed by atoms with Crippen LogP contribution < -0.4 is 5.32 Å². The summed E-state index contributed by atoms with van der Waals surface area (Å²) >= 11 is 0. The van der Waals surface area contributed by atoms with Gasteiger partial charge in [0, 0.05) is 19.6 Å². The van der Waals surface area contributed by atoms with E-state index in [4.69, 9.17) is 0 Å². The Morgan fingerprint density at radius 3 is 2.42 bits per heavy atom. The molecule has 130 valence electrons. The zero-order valence-corrected chi connectivity index (χ0v) is 15.0. The lowest BCUT2D eigenvalue weighted by atomic mass is 10.1. The smallest absolute Gasteiger partial charge is 0.317 e. The average molecular weight is 330 g/mol. The summed E-state index contributed by atoms with van der Waals surface area (Å²) in [6.45, 7) is 4.71. The van der Waals surface area contributed by atoms with Crippen molar-refractivity contribution in [2.24, 2.45) is 0 Å². The molecule has 1 aromatic heterocycles. The van der Waals surface area contributed by atoms with Crippen LogP contribution in [-0.2, 0) is 0 Å². The van der Waals surface area contributed by atoms with Crippen LogP contribution in [0.5, 0.6) is 0 Å². The van der Waals surface area contributed by atoms with Crippen molar-refractivity contribution in [3.05, 3.63) is 42.5 Å². The Balaban J connectivity index is 1.97. The lowest BCUT2D eigenvalue weighted by Gasteiger charge is -2.27. The van der Waals surface area contributed by atoms with Crippen LogP contribution in [-0.4, -0.2) is 64.3 Å². The van der Waals surface area contributed by atoms with Gasteiger partial charge in [-0.25, -0.2) is 14.5 Å². The molecule has 0 bridgehead atoms. The Labute approximate surface area is 143 Å². The second-order valence-electron chi connectivity index (χ2n) is 6.22. The van der Waals surface area contributed by atoms with Crippen LogP contribution >= 0.6 is 0 Å². The summed E-state index contributed by atoms with van der Waals surface area (Å²) < 4.78 is 1.70. The highest BCUT2D eigenvalue weighted by Gasteiger charge is 2.18. The molecule has 0 unspecified atom stereocenters. The second-order valence-corrected chi connectivity index (χ2v) is 6.22. The number of rotatable bonds is 6. The monoisotopic (exact) mass is 330 g/mol. The van der Waals surface area contributed by atoms with E-state index in [-0.39, 0.29) is 12.1 Å². The molecule has 0 aliphatic carbocycles. The van der Waals surface area contributed by atoms with Gasteiger partial charge in [0.1, 0.15) is 12.7 Å². The van der Waals surface area contributed by atoms with E-state index in [1.165, 1.54) is 6.33 Å². The van der Waals surface area contributed by atoms with E-state index < -0.39 is 0 Å². The molecule has 2 rings (SSSR count). The van der Waals surface area contributed by atoms with Crippen LogP contribution in [0.25, 0.3) is 5.69 Å². The van der Waals surface area contributed by atoms with Crippen LogP contribution in [0.3, 0.4) is 0 Å². The largest absolute Gasteiger partial charge is 0.336 e. The van der Waals surface area contributed by atoms with Crippen LogP contribution in [0.15, 0.2) is 36.9 Å². The highest BCUT2D eigenvalue weighted by atomic mass is 16.2. The molecule has 24 heavy (non-hydrogen) atoms. The first-order valence-corrected chi connectivity index (χ1v) is 8.02. The third-order valence-corrected chi connectivity index (χ3v) is 4.39. The maximum absolute atomic E-state index is 12.3. The Kier molecular flexibility index (Phi) is 5.92. The molecule has 1 aromatic carbocycles. The van der Waals surface area contributed by atoms with Crippen LogP contribution in [0.1, 0.15) is 25.5 Å². The quantitative estimate of drug-likeness (QED) is 0.879. The van der Waals surface area contributed by atoms with Gasteiger partial charge in [0.2, 0.25) is 0 Å². The van der Waals surface area contributed by atoms with E-state index in [1.54, 1.807) is 15.9 Å². The minimum Gasteiger partial charge on any atom is -0.336 e. The van der Waals surface area contributed by atoms with Crippen molar-refractivity contribution in [2.45, 2.75) is 25.9 Å². The molecular weight excluding hydrogens is 304 g/mol. The number of aromatic nitrogens is 3. The SMILES string of the molecule is C[C@H](CNC(=O)N(C)[C@H](C)c1ccc(-n2cncn2)cc1)N(C)C. The fraction of sp³-hybridized carbons (Fsp3) is 0.471. The minimum absolute atomic E-state index is 0.0236. The topological polar surface area (TPSA) is 66.3 Å². The Morgan fingerprint density at radius 2 is 1.88 bits per heavy atom. The van der Waals surface area contributed by atoms with E-state index in [0.717, 1.165) is 11.3 Å². The van der Waals surface area contributed by atoms with Gasteiger partial charge in [-0.2, -0.15) is 5.10 Å². The lowest BCUT2D eigenvalue weighted by molar-refractivity contribution is 0.190. The van der Waals surface area contributed by atoms with Crippen LogP contribution in [0, 0.1) is 0 Å². The van der Waals surface area contributed by atoms with Gasteiger partial charge in [0.25, 0.3) is 0 Å². The van der Waals surface area contributed by atoms with Gasteiger partial charge in [-0.3, -0.25) is 0 Å². The molecule has 0 aliphatic rings. The number of hydrogen-bond acceptors (Lipinski definition) is 4. The highest BCUT2D eigenvalue weighted by molar-refractivity contribution is 5.74. The van der Waals surface area contributed by atoms with Crippen molar-refractivity contribution < 1.29 is 4.79 Å². The number of amides is 2. The van der Waals surface area contributed by atoms with Gasteiger partial charge in [0.15, 0.2) is 0 Å². The van der Waals surface area contributed by atoms with Crippen molar-refractivity contribution in [3.8, 4) is 5.69 Å². The summed E-state index contributed by atoms with van der Waals surface area (Å²) in [5, 5.41) is 7.08. The Bertz CT molecular complexity index is 638.